The first-order chi connectivity index (χ1) is 18.3. The van der Waals surface area contributed by atoms with Crippen molar-refractivity contribution < 1.29 is 19.1 Å². The third-order valence-electron chi connectivity index (χ3n) is 7.08. The van der Waals surface area contributed by atoms with Crippen molar-refractivity contribution in [2.45, 2.75) is 24.0 Å². The van der Waals surface area contributed by atoms with Crippen molar-refractivity contribution in [1.29, 1.82) is 0 Å². The molecule has 3 aliphatic carbocycles. The molecular weight excluding hydrogens is 932 g/mol. The normalized spacial score (nSPS) is 20.8. The van der Waals surface area contributed by atoms with Crippen LogP contribution in [0.5, 0.6) is 0 Å². The molecule has 0 aromatic heterocycles. The fraction of sp³-hybridized carbons (Fsp3) is 0.133. The lowest BCUT2D eigenvalue weighted by Gasteiger charge is -2.49. The topological polar surface area (TPSA) is 52.6 Å². The summed E-state index contributed by atoms with van der Waals surface area (Å²) in [6.07, 6.45) is -1.35. The van der Waals surface area contributed by atoms with Crippen molar-refractivity contribution in [3.63, 3.8) is 0 Å². The highest BCUT2D eigenvalue weighted by Gasteiger charge is 2.54. The fourth-order valence-corrected chi connectivity index (χ4v) is 7.42. The maximum atomic E-state index is 13.4. The van der Waals surface area contributed by atoms with Crippen molar-refractivity contribution in [3.05, 3.63) is 133 Å². The molecule has 0 N–H and O–H groups in total. The monoisotopic (exact) mass is 950 g/mol. The van der Waals surface area contributed by atoms with E-state index in [1.807, 2.05) is 36.4 Å². The summed E-state index contributed by atoms with van der Waals surface area (Å²) >= 11 is 9.42. The van der Waals surface area contributed by atoms with Gasteiger partial charge in [0.15, 0.2) is 12.2 Å². The second-order valence-corrected chi connectivity index (χ2v) is 13.9. The Labute approximate surface area is 274 Å². The first-order valence-corrected chi connectivity index (χ1v) is 16.1. The standard InChI is InChI=1S/C30H18I4O4/c31-21-11-17-19(13-23(21)33)26-20-14-24(34)22(32)12-18(20)25(17)27(37-29(35)15-7-3-1-4-8-15)28(26)38-30(36)16-9-5-2-6-10-16/h1-14,25-28H. The number of hydrogen-bond donors (Lipinski definition) is 0. The van der Waals surface area contributed by atoms with E-state index in [4.69, 9.17) is 9.47 Å². The van der Waals surface area contributed by atoms with Gasteiger partial charge in [0.1, 0.15) is 0 Å². The maximum Gasteiger partial charge on any atom is 0.338 e. The van der Waals surface area contributed by atoms with Crippen LogP contribution in [-0.2, 0) is 9.47 Å². The van der Waals surface area contributed by atoms with Crippen molar-refractivity contribution in [3.8, 4) is 0 Å². The summed E-state index contributed by atoms with van der Waals surface area (Å²) in [5.74, 6) is -1.37. The quantitative estimate of drug-likeness (QED) is 0.153. The smallest absolute Gasteiger partial charge is 0.338 e. The van der Waals surface area contributed by atoms with Crippen LogP contribution in [0.15, 0.2) is 84.9 Å². The predicted molar refractivity (Wildman–Crippen MR) is 179 cm³/mol. The number of ether oxygens (including phenoxy) is 2. The minimum absolute atomic E-state index is 0.262. The zero-order valence-corrected chi connectivity index (χ0v) is 28.2. The SMILES string of the molecule is O=C(OC1C2c3cc(I)c(I)cc3C(c3cc(I)c(I)cc32)C1OC(=O)c1ccccc1)c1ccccc1. The van der Waals surface area contributed by atoms with E-state index in [2.05, 4.69) is 115 Å². The van der Waals surface area contributed by atoms with E-state index >= 15 is 0 Å². The van der Waals surface area contributed by atoms with Crippen LogP contribution >= 0.6 is 90.4 Å². The van der Waals surface area contributed by atoms with Gasteiger partial charge in [-0.15, -0.1) is 0 Å². The Bertz CT molecular complexity index is 1400. The van der Waals surface area contributed by atoms with Gasteiger partial charge in [0, 0.05) is 14.3 Å². The van der Waals surface area contributed by atoms with E-state index in [-0.39, 0.29) is 11.8 Å². The van der Waals surface area contributed by atoms with Crippen LogP contribution in [0.4, 0.5) is 0 Å². The number of halogens is 4. The molecule has 0 fully saturated rings. The summed E-state index contributed by atoms with van der Waals surface area (Å²) in [6.45, 7) is 0. The van der Waals surface area contributed by atoms with Gasteiger partial charge >= 0.3 is 11.9 Å². The molecular formula is C30H18I4O4. The molecule has 7 rings (SSSR count). The molecule has 190 valence electrons. The number of carbonyl (C=O) groups excluding carboxylic acids is 2. The predicted octanol–water partition coefficient (Wildman–Crippen LogP) is 8.15. The van der Waals surface area contributed by atoms with Gasteiger partial charge in [-0.3, -0.25) is 0 Å². The molecule has 3 aliphatic rings. The molecule has 0 amide bonds. The van der Waals surface area contributed by atoms with Crippen LogP contribution in [0.3, 0.4) is 0 Å². The minimum atomic E-state index is -0.674. The van der Waals surface area contributed by atoms with Crippen LogP contribution in [0.25, 0.3) is 0 Å². The summed E-state index contributed by atoms with van der Waals surface area (Å²) in [4.78, 5) is 26.8. The molecule has 0 saturated heterocycles. The van der Waals surface area contributed by atoms with Gasteiger partial charge < -0.3 is 9.47 Å². The number of hydrogen-bond acceptors (Lipinski definition) is 4. The largest absolute Gasteiger partial charge is 0.454 e. The number of fused-ring (bicyclic) bond motifs is 1. The molecule has 2 unspecified atom stereocenters. The highest BCUT2D eigenvalue weighted by atomic mass is 127. The Morgan fingerprint density at radius 2 is 0.789 bits per heavy atom. The van der Waals surface area contributed by atoms with Gasteiger partial charge in [0.2, 0.25) is 0 Å². The Kier molecular flexibility index (Phi) is 7.77. The highest BCUT2D eigenvalue weighted by molar-refractivity contribution is 14.1. The minimum Gasteiger partial charge on any atom is -0.454 e. The van der Waals surface area contributed by atoms with Crippen LogP contribution in [0.1, 0.15) is 54.8 Å². The van der Waals surface area contributed by atoms with Crippen molar-refractivity contribution in [2.24, 2.45) is 0 Å². The van der Waals surface area contributed by atoms with E-state index in [9.17, 15) is 9.59 Å². The number of carbonyl (C=O) groups is 2. The third kappa shape index (κ3) is 4.80. The van der Waals surface area contributed by atoms with Gasteiger partial charge in [-0.2, -0.15) is 0 Å². The van der Waals surface area contributed by atoms with Crippen LogP contribution in [0.2, 0.25) is 0 Å². The van der Waals surface area contributed by atoms with E-state index in [0.29, 0.717) is 11.1 Å². The van der Waals surface area contributed by atoms with E-state index in [0.717, 1.165) is 36.5 Å². The van der Waals surface area contributed by atoms with Gasteiger partial charge in [-0.25, -0.2) is 9.59 Å². The summed E-state index contributed by atoms with van der Waals surface area (Å²) in [5.41, 5.74) is 5.45. The molecule has 4 nitrogen and oxygen atoms in total. The third-order valence-corrected chi connectivity index (χ3v) is 12.7. The van der Waals surface area contributed by atoms with E-state index in [1.54, 1.807) is 24.3 Å². The number of benzene rings is 4. The molecule has 4 aromatic carbocycles. The lowest BCUT2D eigenvalue weighted by molar-refractivity contribution is -0.0558. The first kappa shape index (κ1) is 26.9. The van der Waals surface area contributed by atoms with Crippen LogP contribution in [-0.4, -0.2) is 24.1 Å². The second kappa shape index (κ2) is 11.0. The van der Waals surface area contributed by atoms with Gasteiger partial charge in [0.25, 0.3) is 0 Å². The molecule has 2 atom stereocenters. The van der Waals surface area contributed by atoms with Gasteiger partial charge in [-0.1, -0.05) is 36.4 Å². The lowest BCUT2D eigenvalue weighted by atomic mass is 9.61. The number of rotatable bonds is 4. The molecule has 0 spiro atoms. The molecule has 8 heteroatoms. The molecule has 0 saturated carbocycles. The summed E-state index contributed by atoms with van der Waals surface area (Å²) < 4.78 is 17.1. The first-order valence-electron chi connectivity index (χ1n) is 11.8. The van der Waals surface area contributed by atoms with E-state index in [1.165, 1.54) is 0 Å². The summed E-state index contributed by atoms with van der Waals surface area (Å²) in [5, 5.41) is 0. The van der Waals surface area contributed by atoms with Crippen LogP contribution < -0.4 is 0 Å². The molecule has 38 heavy (non-hydrogen) atoms. The fourth-order valence-electron chi connectivity index (χ4n) is 5.46. The molecule has 4 aromatic rings. The van der Waals surface area contributed by atoms with Crippen molar-refractivity contribution in [2.75, 3.05) is 0 Å². The average molecular weight is 950 g/mol. The highest BCUT2D eigenvalue weighted by Crippen LogP contribution is 2.56. The lowest BCUT2D eigenvalue weighted by Crippen LogP contribution is -2.51. The maximum absolute atomic E-state index is 13.4. The zero-order valence-electron chi connectivity index (χ0n) is 19.5. The zero-order chi connectivity index (χ0) is 26.6. The van der Waals surface area contributed by atoms with Crippen molar-refractivity contribution >= 4 is 102 Å². The summed E-state index contributed by atoms with van der Waals surface area (Å²) in [7, 11) is 0. The Hall–Kier alpha value is -1.26. The Morgan fingerprint density at radius 3 is 1.08 bits per heavy atom. The molecule has 0 heterocycles. The Morgan fingerprint density at radius 1 is 0.500 bits per heavy atom. The molecule has 0 radical (unpaired) electrons. The number of esters is 2. The molecule has 0 aliphatic heterocycles. The van der Waals surface area contributed by atoms with Gasteiger partial charge in [0.05, 0.1) is 23.0 Å². The van der Waals surface area contributed by atoms with E-state index < -0.39 is 24.1 Å². The molecule has 2 bridgehead atoms. The average Bonchev–Trinajstić information content (AvgIpc) is 2.92. The second-order valence-electron chi connectivity index (χ2n) is 9.22. The van der Waals surface area contributed by atoms with Crippen molar-refractivity contribution in [1.82, 2.24) is 0 Å². The summed E-state index contributed by atoms with van der Waals surface area (Å²) in [6, 6.07) is 26.7. The van der Waals surface area contributed by atoms with Crippen LogP contribution in [0, 0.1) is 14.3 Å². The van der Waals surface area contributed by atoms with Gasteiger partial charge in [-0.05, 0) is 161 Å². The Balaban J connectivity index is 1.52.